The van der Waals surface area contributed by atoms with E-state index in [-0.39, 0.29) is 11.7 Å². The molecule has 0 aliphatic rings. The fraction of sp³-hybridized carbons (Fsp3) is 0.143. The van der Waals surface area contributed by atoms with E-state index < -0.39 is 0 Å². The summed E-state index contributed by atoms with van der Waals surface area (Å²) >= 11 is 5.99. The number of pyridine rings is 1. The third kappa shape index (κ3) is 4.90. The van der Waals surface area contributed by atoms with Crippen molar-refractivity contribution in [2.24, 2.45) is 0 Å². The predicted molar refractivity (Wildman–Crippen MR) is 102 cm³/mol. The van der Waals surface area contributed by atoms with Crippen LogP contribution in [0.4, 0.5) is 10.1 Å². The maximum absolute atomic E-state index is 13.2. The number of amides is 1. The van der Waals surface area contributed by atoms with E-state index in [1.165, 1.54) is 12.1 Å². The molecule has 0 aliphatic heterocycles. The summed E-state index contributed by atoms with van der Waals surface area (Å²) in [5.74, 6) is -0.330. The Kier molecular flexibility index (Phi) is 5.97. The normalized spacial score (nSPS) is 10.5. The van der Waals surface area contributed by atoms with Crippen molar-refractivity contribution in [2.45, 2.75) is 19.4 Å². The number of aromatic nitrogens is 1. The van der Waals surface area contributed by atoms with Gasteiger partial charge in [0.2, 0.25) is 5.91 Å². The van der Waals surface area contributed by atoms with Gasteiger partial charge in [0.05, 0.1) is 6.54 Å². The molecule has 0 aliphatic carbocycles. The molecule has 2 aromatic carbocycles. The molecule has 0 atom stereocenters. The Hall–Kier alpha value is -2.72. The summed E-state index contributed by atoms with van der Waals surface area (Å²) in [5, 5.41) is 0.322. The highest BCUT2D eigenvalue weighted by atomic mass is 35.5. The molecule has 26 heavy (non-hydrogen) atoms. The Labute approximate surface area is 157 Å². The summed E-state index contributed by atoms with van der Waals surface area (Å²) in [4.78, 5) is 18.5. The van der Waals surface area contributed by atoms with Crippen LogP contribution in [0.3, 0.4) is 0 Å². The van der Waals surface area contributed by atoms with Crippen molar-refractivity contribution in [3.8, 4) is 0 Å². The van der Waals surface area contributed by atoms with E-state index in [9.17, 15) is 9.18 Å². The standard InChI is InChI=1S/C21H18ClFN2O/c22-20-14-19(12-13-24-20)25(15-17-6-9-18(23)10-7-17)21(26)11-8-16-4-2-1-3-5-16/h1-7,9-10,12-14H,8,11,15H2. The van der Waals surface area contributed by atoms with E-state index in [0.29, 0.717) is 30.2 Å². The third-order valence-electron chi connectivity index (χ3n) is 4.05. The van der Waals surface area contributed by atoms with Crippen molar-refractivity contribution in [1.82, 2.24) is 4.98 Å². The van der Waals surface area contributed by atoms with E-state index in [0.717, 1.165) is 11.1 Å². The molecule has 0 saturated carbocycles. The van der Waals surface area contributed by atoms with Crippen molar-refractivity contribution in [3.05, 3.63) is 95.0 Å². The minimum absolute atomic E-state index is 0.0274. The van der Waals surface area contributed by atoms with Crippen LogP contribution in [-0.4, -0.2) is 10.9 Å². The minimum Gasteiger partial charge on any atom is -0.308 e. The zero-order valence-corrected chi connectivity index (χ0v) is 14.9. The van der Waals surface area contributed by atoms with Gasteiger partial charge in [-0.3, -0.25) is 4.79 Å². The first-order valence-corrected chi connectivity index (χ1v) is 8.70. The summed E-state index contributed by atoms with van der Waals surface area (Å²) in [6.07, 6.45) is 2.59. The lowest BCUT2D eigenvalue weighted by Crippen LogP contribution is -2.30. The maximum atomic E-state index is 13.2. The lowest BCUT2D eigenvalue weighted by atomic mass is 10.1. The number of aryl methyl sites for hydroxylation is 1. The number of rotatable bonds is 6. The second kappa shape index (κ2) is 8.59. The van der Waals surface area contributed by atoms with Crippen molar-refractivity contribution >= 4 is 23.2 Å². The average molecular weight is 369 g/mol. The second-order valence-electron chi connectivity index (χ2n) is 5.93. The highest BCUT2D eigenvalue weighted by molar-refractivity contribution is 6.29. The number of benzene rings is 2. The Morgan fingerprint density at radius 2 is 1.73 bits per heavy atom. The lowest BCUT2D eigenvalue weighted by Gasteiger charge is -2.23. The quantitative estimate of drug-likeness (QED) is 0.571. The molecule has 1 amide bonds. The smallest absolute Gasteiger partial charge is 0.227 e. The Morgan fingerprint density at radius 3 is 2.42 bits per heavy atom. The van der Waals surface area contributed by atoms with Crippen LogP contribution in [0, 0.1) is 5.82 Å². The largest absolute Gasteiger partial charge is 0.308 e. The van der Waals surface area contributed by atoms with Gasteiger partial charge < -0.3 is 4.90 Å². The number of carbonyl (C=O) groups excluding carboxylic acids is 1. The van der Waals surface area contributed by atoms with E-state index in [2.05, 4.69) is 4.98 Å². The van der Waals surface area contributed by atoms with Crippen LogP contribution >= 0.6 is 11.6 Å². The van der Waals surface area contributed by atoms with Crippen LogP contribution in [0.2, 0.25) is 5.15 Å². The second-order valence-corrected chi connectivity index (χ2v) is 6.32. The number of nitrogens with zero attached hydrogens (tertiary/aromatic N) is 2. The molecule has 3 nitrogen and oxygen atoms in total. The highest BCUT2D eigenvalue weighted by Crippen LogP contribution is 2.21. The predicted octanol–water partition coefficient (Wildman–Crippen LogP) is 5.04. The van der Waals surface area contributed by atoms with Gasteiger partial charge in [0.1, 0.15) is 11.0 Å². The van der Waals surface area contributed by atoms with E-state index >= 15 is 0 Å². The van der Waals surface area contributed by atoms with Crippen molar-refractivity contribution in [1.29, 1.82) is 0 Å². The minimum atomic E-state index is -0.303. The molecular weight excluding hydrogens is 351 g/mol. The molecule has 0 saturated heterocycles. The summed E-state index contributed by atoms with van der Waals surface area (Å²) in [5.41, 5.74) is 2.62. The van der Waals surface area contributed by atoms with Gasteiger partial charge in [-0.1, -0.05) is 54.1 Å². The number of halogens is 2. The Balaban J connectivity index is 1.79. The third-order valence-corrected chi connectivity index (χ3v) is 4.25. The lowest BCUT2D eigenvalue weighted by molar-refractivity contribution is -0.118. The molecule has 0 bridgehead atoms. The van der Waals surface area contributed by atoms with Crippen LogP contribution in [0.15, 0.2) is 72.9 Å². The highest BCUT2D eigenvalue weighted by Gasteiger charge is 2.17. The molecule has 3 rings (SSSR count). The summed E-state index contributed by atoms with van der Waals surface area (Å²) < 4.78 is 13.2. The van der Waals surface area contributed by atoms with Gasteiger partial charge in [-0.15, -0.1) is 0 Å². The van der Waals surface area contributed by atoms with Gasteiger partial charge in [0.25, 0.3) is 0 Å². The molecule has 0 N–H and O–H groups in total. The first kappa shape index (κ1) is 18.1. The van der Waals surface area contributed by atoms with Crippen LogP contribution in [0.1, 0.15) is 17.5 Å². The number of anilines is 1. The monoisotopic (exact) mass is 368 g/mol. The average Bonchev–Trinajstić information content (AvgIpc) is 2.66. The van der Waals surface area contributed by atoms with Gasteiger partial charge in [-0.25, -0.2) is 9.37 Å². The molecule has 1 heterocycles. The molecule has 0 unspecified atom stereocenters. The molecule has 132 valence electrons. The Bertz CT molecular complexity index is 869. The van der Waals surface area contributed by atoms with Crippen LogP contribution in [0.5, 0.6) is 0 Å². The van der Waals surface area contributed by atoms with Crippen molar-refractivity contribution in [2.75, 3.05) is 4.90 Å². The van der Waals surface area contributed by atoms with Gasteiger partial charge in [-0.05, 0) is 41.8 Å². The Morgan fingerprint density at radius 1 is 1.00 bits per heavy atom. The van der Waals surface area contributed by atoms with Crippen LogP contribution < -0.4 is 4.90 Å². The summed E-state index contributed by atoms with van der Waals surface area (Å²) in [6, 6.07) is 19.4. The van der Waals surface area contributed by atoms with Gasteiger partial charge >= 0.3 is 0 Å². The van der Waals surface area contributed by atoms with Gasteiger partial charge in [-0.2, -0.15) is 0 Å². The molecular formula is C21H18ClFN2O. The number of hydrogen-bond acceptors (Lipinski definition) is 2. The molecule has 3 aromatic rings. The first-order chi connectivity index (χ1) is 12.6. The first-order valence-electron chi connectivity index (χ1n) is 8.32. The SMILES string of the molecule is O=C(CCc1ccccc1)N(Cc1ccc(F)cc1)c1ccnc(Cl)c1. The summed E-state index contributed by atoms with van der Waals surface area (Å²) in [6.45, 7) is 0.342. The van der Waals surface area contributed by atoms with E-state index in [1.54, 1.807) is 35.4 Å². The summed E-state index contributed by atoms with van der Waals surface area (Å²) in [7, 11) is 0. The van der Waals surface area contributed by atoms with Crippen LogP contribution in [0.25, 0.3) is 0 Å². The molecule has 5 heteroatoms. The van der Waals surface area contributed by atoms with Gasteiger partial charge in [0, 0.05) is 18.3 Å². The molecule has 1 aromatic heterocycles. The zero-order valence-electron chi connectivity index (χ0n) is 14.1. The van der Waals surface area contributed by atoms with E-state index in [1.807, 2.05) is 30.3 Å². The molecule has 0 radical (unpaired) electrons. The molecule has 0 fully saturated rings. The topological polar surface area (TPSA) is 33.2 Å². The van der Waals surface area contributed by atoms with Gasteiger partial charge in [0.15, 0.2) is 0 Å². The zero-order chi connectivity index (χ0) is 18.4. The fourth-order valence-electron chi connectivity index (χ4n) is 2.69. The maximum Gasteiger partial charge on any atom is 0.227 e. The van der Waals surface area contributed by atoms with Crippen molar-refractivity contribution < 1.29 is 9.18 Å². The number of carbonyl (C=O) groups is 1. The van der Waals surface area contributed by atoms with E-state index in [4.69, 9.17) is 11.6 Å². The fourth-order valence-corrected chi connectivity index (χ4v) is 2.86. The van der Waals surface area contributed by atoms with Crippen LogP contribution in [-0.2, 0) is 17.8 Å². The molecule has 0 spiro atoms. The number of hydrogen-bond donors (Lipinski definition) is 0. The van der Waals surface area contributed by atoms with Crippen molar-refractivity contribution in [3.63, 3.8) is 0 Å².